The van der Waals surface area contributed by atoms with Crippen LogP contribution in [0.5, 0.6) is 0 Å². The van der Waals surface area contributed by atoms with E-state index in [1.54, 1.807) is 24.3 Å². The third-order valence-electron chi connectivity index (χ3n) is 4.99. The molecule has 7 nitrogen and oxygen atoms in total. The number of benzene rings is 2. The second-order valence-electron chi connectivity index (χ2n) is 6.98. The molecule has 1 aliphatic rings. The molecular weight excluding hydrogens is 458 g/mol. The Bertz CT molecular complexity index is 1020. The number of hydrogen-bond acceptors (Lipinski definition) is 4. The van der Waals surface area contributed by atoms with Gasteiger partial charge in [0.2, 0.25) is 15.9 Å². The molecule has 0 aromatic heterocycles. The molecule has 0 radical (unpaired) electrons. The number of primary amides is 1. The fourth-order valence-electron chi connectivity index (χ4n) is 3.64. The number of nitrogens with one attached hydrogen (secondary N) is 1. The highest BCUT2D eigenvalue weighted by atomic mass is 79.9. The minimum atomic E-state index is -3.73. The number of carbonyl (C=O) groups excluding carboxylic acids is 2. The van der Waals surface area contributed by atoms with Crippen LogP contribution in [0.25, 0.3) is 0 Å². The summed E-state index contributed by atoms with van der Waals surface area (Å²) in [7, 11) is -3.73. The third kappa shape index (κ3) is 4.79. The van der Waals surface area contributed by atoms with E-state index in [1.165, 1.54) is 0 Å². The van der Waals surface area contributed by atoms with Crippen molar-refractivity contribution in [3.05, 3.63) is 69.7 Å². The first-order chi connectivity index (χ1) is 13.7. The Balaban J connectivity index is 1.91. The van der Waals surface area contributed by atoms with Crippen LogP contribution in [0, 0.1) is 6.92 Å². The molecule has 3 rings (SSSR count). The number of carbonyl (C=O) groups is 2. The lowest BCUT2D eigenvalue weighted by atomic mass is 9.98. The van der Waals surface area contributed by atoms with E-state index in [0.29, 0.717) is 6.42 Å². The molecule has 29 heavy (non-hydrogen) atoms. The number of halogens is 1. The lowest BCUT2D eigenvalue weighted by molar-refractivity contribution is -0.128. The smallest absolute Gasteiger partial charge is 0.312 e. The van der Waals surface area contributed by atoms with E-state index in [9.17, 15) is 18.0 Å². The average Bonchev–Trinajstić information content (AvgIpc) is 2.97. The van der Waals surface area contributed by atoms with Crippen molar-refractivity contribution in [2.75, 3.05) is 5.75 Å². The highest BCUT2D eigenvalue weighted by Crippen LogP contribution is 2.36. The summed E-state index contributed by atoms with van der Waals surface area (Å²) in [5.74, 6) is -0.671. The summed E-state index contributed by atoms with van der Waals surface area (Å²) < 4.78 is 27.1. The standard InChI is InChI=1S/C20H22BrN3O4S/c1-13-4-2-3-5-16(13)17(23-20(22)26)12-19(25)24-18(10-11-29(24,27)28)14-6-8-15(21)9-7-14/h2-9,17-18H,10-12H2,1H3,(H3,22,23,26). The van der Waals surface area contributed by atoms with Gasteiger partial charge in [-0.1, -0.05) is 52.3 Å². The summed E-state index contributed by atoms with van der Waals surface area (Å²) in [4.78, 5) is 24.6. The average molecular weight is 480 g/mol. The predicted molar refractivity (Wildman–Crippen MR) is 113 cm³/mol. The van der Waals surface area contributed by atoms with E-state index in [0.717, 1.165) is 25.5 Å². The number of nitrogens with zero attached hydrogens (tertiary/aromatic N) is 1. The fourth-order valence-corrected chi connectivity index (χ4v) is 5.62. The third-order valence-corrected chi connectivity index (χ3v) is 7.33. The van der Waals surface area contributed by atoms with Gasteiger partial charge in [0.1, 0.15) is 0 Å². The van der Waals surface area contributed by atoms with Crippen molar-refractivity contribution in [2.45, 2.75) is 31.8 Å². The molecule has 1 saturated heterocycles. The highest BCUT2D eigenvalue weighted by Gasteiger charge is 2.42. The van der Waals surface area contributed by atoms with Gasteiger partial charge in [-0.15, -0.1) is 0 Å². The minimum absolute atomic E-state index is 0.0995. The van der Waals surface area contributed by atoms with Crippen LogP contribution in [-0.4, -0.2) is 30.4 Å². The van der Waals surface area contributed by atoms with Gasteiger partial charge in [-0.05, 0) is 42.2 Å². The summed E-state index contributed by atoms with van der Waals surface area (Å²) in [6, 6.07) is 12.4. The molecule has 1 fully saturated rings. The van der Waals surface area contributed by atoms with Gasteiger partial charge in [0, 0.05) is 4.47 Å². The molecule has 2 aromatic rings. The number of nitrogens with two attached hydrogens (primary N) is 1. The Morgan fingerprint density at radius 2 is 1.86 bits per heavy atom. The van der Waals surface area contributed by atoms with Gasteiger partial charge in [0.25, 0.3) is 0 Å². The maximum Gasteiger partial charge on any atom is 0.312 e. The molecule has 2 aromatic carbocycles. The molecule has 0 saturated carbocycles. The van der Waals surface area contributed by atoms with Crippen LogP contribution in [0.1, 0.15) is 41.6 Å². The van der Waals surface area contributed by atoms with E-state index in [1.807, 2.05) is 31.2 Å². The maximum atomic E-state index is 13.1. The molecule has 2 unspecified atom stereocenters. The summed E-state index contributed by atoms with van der Waals surface area (Å²) in [6.45, 7) is 1.85. The quantitative estimate of drug-likeness (QED) is 0.685. The Morgan fingerprint density at radius 3 is 2.48 bits per heavy atom. The molecule has 2 atom stereocenters. The van der Waals surface area contributed by atoms with Crippen molar-refractivity contribution in [3.63, 3.8) is 0 Å². The molecule has 1 aliphatic heterocycles. The van der Waals surface area contributed by atoms with Gasteiger partial charge in [0.05, 0.1) is 24.3 Å². The first-order valence-electron chi connectivity index (χ1n) is 9.11. The Morgan fingerprint density at radius 1 is 1.21 bits per heavy atom. The molecule has 154 valence electrons. The SMILES string of the molecule is Cc1ccccc1C(CC(=O)N1C(c2ccc(Br)cc2)CCS1(=O)=O)NC(N)=O. The Labute approximate surface area is 178 Å². The number of rotatable bonds is 5. The lowest BCUT2D eigenvalue weighted by Gasteiger charge is -2.26. The number of amides is 3. The molecule has 3 N–H and O–H groups in total. The maximum absolute atomic E-state index is 13.1. The second kappa shape index (κ2) is 8.54. The van der Waals surface area contributed by atoms with Crippen molar-refractivity contribution in [1.29, 1.82) is 0 Å². The van der Waals surface area contributed by atoms with E-state index in [-0.39, 0.29) is 12.2 Å². The zero-order chi connectivity index (χ0) is 21.2. The molecule has 3 amide bonds. The second-order valence-corrected chi connectivity index (χ2v) is 9.86. The normalized spacial score (nSPS) is 19.0. The number of urea groups is 1. The van der Waals surface area contributed by atoms with Crippen LogP contribution < -0.4 is 11.1 Å². The zero-order valence-electron chi connectivity index (χ0n) is 15.8. The van der Waals surface area contributed by atoms with Gasteiger partial charge >= 0.3 is 6.03 Å². The molecular formula is C20H22BrN3O4S. The zero-order valence-corrected chi connectivity index (χ0v) is 18.2. The van der Waals surface area contributed by atoms with Crippen LogP contribution in [0.15, 0.2) is 53.0 Å². The van der Waals surface area contributed by atoms with Crippen LogP contribution in [-0.2, 0) is 14.8 Å². The summed E-state index contributed by atoms with van der Waals surface area (Å²) in [5.41, 5.74) is 7.63. The first kappa shape index (κ1) is 21.3. The first-order valence-corrected chi connectivity index (χ1v) is 11.5. The van der Waals surface area contributed by atoms with Crippen LogP contribution in [0.2, 0.25) is 0 Å². The van der Waals surface area contributed by atoms with Crippen molar-refractivity contribution in [3.8, 4) is 0 Å². The van der Waals surface area contributed by atoms with E-state index in [4.69, 9.17) is 5.73 Å². The van der Waals surface area contributed by atoms with E-state index in [2.05, 4.69) is 21.2 Å². The lowest BCUT2D eigenvalue weighted by Crippen LogP contribution is -2.40. The van der Waals surface area contributed by atoms with Gasteiger partial charge in [0.15, 0.2) is 0 Å². The molecule has 0 aliphatic carbocycles. The van der Waals surface area contributed by atoms with Gasteiger partial charge in [-0.25, -0.2) is 17.5 Å². The topological polar surface area (TPSA) is 110 Å². The Hall–Kier alpha value is -2.39. The van der Waals surface area contributed by atoms with Crippen LogP contribution in [0.4, 0.5) is 4.79 Å². The molecule has 9 heteroatoms. The highest BCUT2D eigenvalue weighted by molar-refractivity contribution is 9.10. The summed E-state index contributed by atoms with van der Waals surface area (Å²) >= 11 is 3.36. The molecule has 0 spiro atoms. The van der Waals surface area contributed by atoms with Crippen LogP contribution >= 0.6 is 15.9 Å². The number of sulfonamides is 1. The number of hydrogen-bond donors (Lipinski definition) is 2. The fraction of sp³-hybridized carbons (Fsp3) is 0.300. The molecule has 1 heterocycles. The van der Waals surface area contributed by atoms with Gasteiger partial charge in [-0.2, -0.15) is 0 Å². The van der Waals surface area contributed by atoms with Gasteiger partial charge < -0.3 is 11.1 Å². The Kier molecular flexibility index (Phi) is 6.28. The van der Waals surface area contributed by atoms with E-state index < -0.39 is 34.0 Å². The molecule has 0 bridgehead atoms. The summed E-state index contributed by atoms with van der Waals surface area (Å²) in [5, 5.41) is 2.57. The summed E-state index contributed by atoms with van der Waals surface area (Å²) in [6.07, 6.45) is 0.119. The predicted octanol–water partition coefficient (Wildman–Crippen LogP) is 3.16. The largest absolute Gasteiger partial charge is 0.352 e. The number of aryl methyl sites for hydroxylation is 1. The van der Waals surface area contributed by atoms with E-state index >= 15 is 0 Å². The monoisotopic (exact) mass is 479 g/mol. The van der Waals surface area contributed by atoms with Crippen LogP contribution in [0.3, 0.4) is 0 Å². The van der Waals surface area contributed by atoms with Crippen molar-refractivity contribution in [2.24, 2.45) is 5.73 Å². The minimum Gasteiger partial charge on any atom is -0.352 e. The van der Waals surface area contributed by atoms with Crippen molar-refractivity contribution >= 4 is 37.9 Å². The van der Waals surface area contributed by atoms with Crippen molar-refractivity contribution in [1.82, 2.24) is 9.62 Å². The van der Waals surface area contributed by atoms with Gasteiger partial charge in [-0.3, -0.25) is 4.79 Å². The van der Waals surface area contributed by atoms with Crippen molar-refractivity contribution < 1.29 is 18.0 Å².